The van der Waals surface area contributed by atoms with Gasteiger partial charge in [-0.05, 0) is 132 Å². The van der Waals surface area contributed by atoms with Crippen molar-refractivity contribution in [3.05, 3.63) is 336 Å². The van der Waals surface area contributed by atoms with Gasteiger partial charge in [-0.2, -0.15) is 0 Å². The molecule has 13 aromatic rings. The predicted molar refractivity (Wildman–Crippen MR) is 315 cm³/mol. The van der Waals surface area contributed by atoms with E-state index in [1.54, 1.807) is 0 Å². The molecule has 76 heavy (non-hydrogen) atoms. The highest BCUT2D eigenvalue weighted by Gasteiger charge is 2.51. The first kappa shape index (κ1) is 42.7. The zero-order valence-electron chi connectivity index (χ0n) is 41.6. The lowest BCUT2D eigenvalue weighted by Gasteiger charge is -2.39. The first-order valence-electron chi connectivity index (χ1n) is 26.5. The fourth-order valence-electron chi connectivity index (χ4n) is 14.1. The van der Waals surface area contributed by atoms with E-state index in [2.05, 4.69) is 301 Å². The second-order valence-corrected chi connectivity index (χ2v) is 20.7. The summed E-state index contributed by atoms with van der Waals surface area (Å²) < 4.78 is 2.56. The smallest absolute Gasteiger partial charge is 0.0754 e. The molecule has 1 spiro atoms. The topological polar surface area (TPSA) is 8.17 Å². The highest BCUT2D eigenvalue weighted by atomic mass is 15.1. The molecule has 0 bridgehead atoms. The van der Waals surface area contributed by atoms with Gasteiger partial charge in [0.05, 0.1) is 33.2 Å². The zero-order chi connectivity index (χ0) is 50.0. The van der Waals surface area contributed by atoms with Crippen LogP contribution >= 0.6 is 0 Å². The Balaban J connectivity index is 0.975. The predicted octanol–water partition coefficient (Wildman–Crippen LogP) is 18.6. The Morgan fingerprint density at radius 1 is 0.276 bits per heavy atom. The molecule has 0 radical (unpaired) electrons. The van der Waals surface area contributed by atoms with E-state index in [9.17, 15) is 0 Å². The van der Waals surface area contributed by atoms with Crippen LogP contribution in [0.4, 0.5) is 17.1 Å². The van der Waals surface area contributed by atoms with Gasteiger partial charge in [-0.25, -0.2) is 0 Å². The molecule has 0 atom stereocenters. The van der Waals surface area contributed by atoms with Crippen LogP contribution in [0, 0.1) is 0 Å². The maximum Gasteiger partial charge on any atom is 0.0754 e. The summed E-state index contributed by atoms with van der Waals surface area (Å²) in [6, 6.07) is 109. The third-order valence-corrected chi connectivity index (χ3v) is 17.1. The molecule has 0 saturated heterocycles. The van der Waals surface area contributed by atoms with E-state index >= 15 is 0 Å². The summed E-state index contributed by atoms with van der Waals surface area (Å²) >= 11 is 0. The SMILES string of the molecule is c1ccc(-c2cccc(-c3ccccc3N(c3ccc4c(c3)C(c3ccccc3)(c3ccccc3)c3ccccc3-4)c3ccc4c(c3)c3cccc5c3n4-c3ccccc3C53c4ccccc4-c4ccccc43)c2)cc1. The molecule has 0 fully saturated rings. The monoisotopic (exact) mass is 964 g/mol. The Kier molecular flexibility index (Phi) is 9.20. The van der Waals surface area contributed by atoms with Gasteiger partial charge in [0, 0.05) is 27.7 Å². The zero-order valence-corrected chi connectivity index (χ0v) is 41.6. The van der Waals surface area contributed by atoms with Crippen LogP contribution in [0.1, 0.15) is 44.5 Å². The fourth-order valence-corrected chi connectivity index (χ4v) is 14.1. The molecule has 1 aliphatic heterocycles. The quantitative estimate of drug-likeness (QED) is 0.155. The van der Waals surface area contributed by atoms with Gasteiger partial charge in [-0.15, -0.1) is 0 Å². The summed E-state index contributed by atoms with van der Waals surface area (Å²) in [5.41, 5.74) is 26.1. The minimum atomic E-state index is -0.566. The number of nitrogens with zero attached hydrogens (tertiary/aromatic N) is 2. The maximum absolute atomic E-state index is 2.56. The Morgan fingerprint density at radius 3 is 1.45 bits per heavy atom. The molecular weight excluding hydrogens is 917 g/mol. The lowest BCUT2D eigenvalue weighted by molar-refractivity contribution is 0.748. The van der Waals surface area contributed by atoms with Crippen LogP contribution in [0.5, 0.6) is 0 Å². The van der Waals surface area contributed by atoms with Gasteiger partial charge < -0.3 is 9.47 Å². The molecule has 0 unspecified atom stereocenters. The molecule has 2 nitrogen and oxygen atoms in total. The van der Waals surface area contributed by atoms with Crippen molar-refractivity contribution in [3.8, 4) is 50.2 Å². The average molecular weight is 965 g/mol. The van der Waals surface area contributed by atoms with E-state index in [0.29, 0.717) is 0 Å². The first-order chi connectivity index (χ1) is 37.7. The van der Waals surface area contributed by atoms with E-state index in [1.807, 2.05) is 0 Å². The van der Waals surface area contributed by atoms with Gasteiger partial charge in [-0.1, -0.05) is 243 Å². The van der Waals surface area contributed by atoms with Crippen molar-refractivity contribution in [3.63, 3.8) is 0 Å². The third kappa shape index (κ3) is 5.76. The van der Waals surface area contributed by atoms with Crippen molar-refractivity contribution in [2.24, 2.45) is 0 Å². The first-order valence-corrected chi connectivity index (χ1v) is 26.5. The Hall–Kier alpha value is -9.76. The number of hydrogen-bond donors (Lipinski definition) is 0. The van der Waals surface area contributed by atoms with Crippen LogP contribution in [0.15, 0.2) is 291 Å². The van der Waals surface area contributed by atoms with Crippen LogP contribution in [-0.4, -0.2) is 4.57 Å². The Bertz CT molecular complexity index is 4380. The number of benzene rings is 12. The number of aromatic nitrogens is 1. The van der Waals surface area contributed by atoms with Gasteiger partial charge in [0.15, 0.2) is 0 Å². The molecule has 0 saturated carbocycles. The standard InChI is InChI=1S/C74H48N2/c1-4-22-49(23-5-1)50-24-20-25-51(46-50)56-30-13-18-40-69(56)75(55-42-44-60-59-33-10-14-35-63(59)73(68(60)48-55,52-26-6-2-7-27-52)53-28-8-3-9-29-53)54-43-45-70-62(47-54)61-34-21-39-67-72(61)76(70)71-41-19-17-38-66(71)74(67)64-36-15-11-31-57(64)58-32-12-16-37-65(58)74/h1-48H. The minimum Gasteiger partial charge on any atom is -0.310 e. The van der Waals surface area contributed by atoms with Gasteiger partial charge in [0.1, 0.15) is 0 Å². The number of para-hydroxylation sites is 3. The summed E-state index contributed by atoms with van der Waals surface area (Å²) in [7, 11) is 0. The van der Waals surface area contributed by atoms with Crippen LogP contribution in [0.25, 0.3) is 72.0 Å². The third-order valence-electron chi connectivity index (χ3n) is 17.1. The average Bonchev–Trinajstić information content (AvgIpc) is 4.32. The van der Waals surface area contributed by atoms with Crippen LogP contribution in [0.3, 0.4) is 0 Å². The summed E-state index contributed by atoms with van der Waals surface area (Å²) in [6.07, 6.45) is 0. The van der Waals surface area contributed by atoms with Gasteiger partial charge >= 0.3 is 0 Å². The van der Waals surface area contributed by atoms with E-state index in [0.717, 1.165) is 28.2 Å². The Labute approximate surface area is 442 Å². The normalized spacial score (nSPS) is 13.7. The molecule has 2 heterocycles. The minimum absolute atomic E-state index is 0.484. The fraction of sp³-hybridized carbons (Fsp3) is 0.0270. The van der Waals surface area contributed by atoms with E-state index < -0.39 is 10.8 Å². The summed E-state index contributed by atoms with van der Waals surface area (Å²) in [5.74, 6) is 0. The second-order valence-electron chi connectivity index (χ2n) is 20.7. The molecule has 0 N–H and O–H groups in total. The van der Waals surface area contributed by atoms with Gasteiger partial charge in [0.25, 0.3) is 0 Å². The second kappa shape index (κ2) is 16.4. The van der Waals surface area contributed by atoms with Crippen LogP contribution in [0.2, 0.25) is 0 Å². The number of fused-ring (bicyclic) bond motifs is 15. The van der Waals surface area contributed by atoms with E-state index in [1.165, 1.54) is 105 Å². The molecule has 1 aromatic heterocycles. The largest absolute Gasteiger partial charge is 0.310 e. The Morgan fingerprint density at radius 2 is 0.763 bits per heavy atom. The van der Waals surface area contributed by atoms with Crippen molar-refractivity contribution < 1.29 is 0 Å². The molecular formula is C74H48N2. The summed E-state index contributed by atoms with van der Waals surface area (Å²) in [5, 5.41) is 2.45. The van der Waals surface area contributed by atoms with Crippen molar-refractivity contribution in [2.75, 3.05) is 4.90 Å². The number of rotatable bonds is 7. The van der Waals surface area contributed by atoms with E-state index in [-0.39, 0.29) is 0 Å². The molecule has 16 rings (SSSR count). The number of anilines is 3. The van der Waals surface area contributed by atoms with Crippen molar-refractivity contribution in [1.29, 1.82) is 0 Å². The summed E-state index contributed by atoms with van der Waals surface area (Å²) in [4.78, 5) is 2.53. The molecule has 354 valence electrons. The van der Waals surface area contributed by atoms with Gasteiger partial charge in [0.2, 0.25) is 0 Å². The molecule has 0 amide bonds. The van der Waals surface area contributed by atoms with Crippen molar-refractivity contribution in [2.45, 2.75) is 10.8 Å². The van der Waals surface area contributed by atoms with Crippen molar-refractivity contribution in [1.82, 2.24) is 4.57 Å². The lowest BCUT2D eigenvalue weighted by atomic mass is 9.65. The highest BCUT2D eigenvalue weighted by Crippen LogP contribution is 2.62. The molecule has 2 heteroatoms. The van der Waals surface area contributed by atoms with Gasteiger partial charge in [-0.3, -0.25) is 0 Å². The lowest BCUT2D eigenvalue weighted by Crippen LogP contribution is -2.33. The molecule has 3 aliphatic rings. The van der Waals surface area contributed by atoms with E-state index in [4.69, 9.17) is 0 Å². The van der Waals surface area contributed by atoms with Crippen molar-refractivity contribution >= 4 is 38.9 Å². The van der Waals surface area contributed by atoms with Crippen LogP contribution in [-0.2, 0) is 10.8 Å². The maximum atomic E-state index is 2.56. The molecule has 12 aromatic carbocycles. The van der Waals surface area contributed by atoms with Crippen LogP contribution < -0.4 is 4.90 Å². The molecule has 2 aliphatic carbocycles. The number of hydrogen-bond acceptors (Lipinski definition) is 1. The highest BCUT2D eigenvalue weighted by molar-refractivity contribution is 6.14. The summed E-state index contributed by atoms with van der Waals surface area (Å²) in [6.45, 7) is 0.